The first kappa shape index (κ1) is 16.5. The molecule has 0 bridgehead atoms. The van der Waals surface area contributed by atoms with Gasteiger partial charge >= 0.3 is 0 Å². The number of carbonyl (C=O) groups is 1. The second-order valence-corrected chi connectivity index (χ2v) is 5.05. The van der Waals surface area contributed by atoms with Gasteiger partial charge in [-0.3, -0.25) is 15.6 Å². The summed E-state index contributed by atoms with van der Waals surface area (Å²) >= 11 is 5.07. The van der Waals surface area contributed by atoms with Gasteiger partial charge in [-0.05, 0) is 48.6 Å². The average molecular weight is 326 g/mol. The minimum absolute atomic E-state index is 0.140. The van der Waals surface area contributed by atoms with Gasteiger partial charge < -0.3 is 10.6 Å². The highest BCUT2D eigenvalue weighted by Crippen LogP contribution is 2.14. The number of hydrogen-bond donors (Lipinski definition) is 4. The lowest BCUT2D eigenvalue weighted by Gasteiger charge is -2.12. The van der Waals surface area contributed by atoms with Crippen LogP contribution in [0.5, 0.6) is 0 Å². The molecule has 0 radical (unpaired) electrons. The molecular formula is C17H18N4OS. The fraction of sp³-hybridized carbons (Fsp3) is 0.0588. The van der Waals surface area contributed by atoms with E-state index in [1.54, 1.807) is 18.2 Å². The van der Waals surface area contributed by atoms with E-state index in [1.807, 2.05) is 42.5 Å². The summed E-state index contributed by atoms with van der Waals surface area (Å²) in [5.41, 5.74) is 7.98. The Morgan fingerprint density at radius 1 is 1.04 bits per heavy atom. The van der Waals surface area contributed by atoms with Crippen molar-refractivity contribution in [1.82, 2.24) is 10.7 Å². The molecule has 0 aromatic heterocycles. The number of benzene rings is 2. The van der Waals surface area contributed by atoms with Gasteiger partial charge in [-0.15, -0.1) is 6.58 Å². The maximum absolute atomic E-state index is 12.0. The van der Waals surface area contributed by atoms with E-state index in [9.17, 15) is 4.79 Å². The Hall–Kier alpha value is -2.86. The molecule has 0 spiro atoms. The van der Waals surface area contributed by atoms with Crippen LogP contribution < -0.4 is 21.5 Å². The van der Waals surface area contributed by atoms with Gasteiger partial charge in [0.15, 0.2) is 5.11 Å². The van der Waals surface area contributed by atoms with Gasteiger partial charge in [0, 0.05) is 17.8 Å². The fourth-order valence-electron chi connectivity index (χ4n) is 1.77. The van der Waals surface area contributed by atoms with E-state index in [2.05, 4.69) is 28.1 Å². The molecule has 0 aliphatic heterocycles. The Balaban J connectivity index is 1.86. The van der Waals surface area contributed by atoms with Gasteiger partial charge in [-0.25, -0.2) is 0 Å². The molecule has 0 aliphatic rings. The molecule has 0 saturated heterocycles. The maximum atomic E-state index is 12.0. The van der Waals surface area contributed by atoms with E-state index in [1.165, 1.54) is 0 Å². The molecule has 0 atom stereocenters. The second kappa shape index (κ2) is 8.55. The van der Waals surface area contributed by atoms with Crippen LogP contribution in [0.25, 0.3) is 0 Å². The molecule has 0 aliphatic carbocycles. The molecular weight excluding hydrogens is 308 g/mol. The zero-order chi connectivity index (χ0) is 16.5. The molecule has 5 nitrogen and oxygen atoms in total. The summed E-state index contributed by atoms with van der Waals surface area (Å²) in [6.45, 7) is 4.20. The number of amides is 1. The van der Waals surface area contributed by atoms with Gasteiger partial charge in [0.25, 0.3) is 5.91 Å². The number of hydrogen-bond acceptors (Lipinski definition) is 3. The van der Waals surface area contributed by atoms with Gasteiger partial charge in [0.1, 0.15) is 0 Å². The average Bonchev–Trinajstić information content (AvgIpc) is 2.60. The highest BCUT2D eigenvalue weighted by atomic mass is 32.1. The largest absolute Gasteiger partial charge is 0.358 e. The van der Waals surface area contributed by atoms with Gasteiger partial charge in [-0.1, -0.05) is 24.3 Å². The number of hydrazine groups is 1. The number of rotatable bonds is 6. The van der Waals surface area contributed by atoms with Gasteiger partial charge in [0.2, 0.25) is 0 Å². The second-order valence-electron chi connectivity index (χ2n) is 4.65. The van der Waals surface area contributed by atoms with Crippen molar-refractivity contribution in [2.24, 2.45) is 0 Å². The third kappa shape index (κ3) is 5.44. The highest BCUT2D eigenvalue weighted by Gasteiger charge is 2.04. The Labute approximate surface area is 140 Å². The summed E-state index contributed by atoms with van der Waals surface area (Å²) in [4.78, 5) is 12.0. The third-order valence-corrected chi connectivity index (χ3v) is 3.15. The zero-order valence-corrected chi connectivity index (χ0v) is 13.3. The van der Waals surface area contributed by atoms with Crippen LogP contribution in [0.4, 0.5) is 11.4 Å². The molecule has 2 aromatic rings. The van der Waals surface area contributed by atoms with Crippen LogP contribution in [0.1, 0.15) is 10.4 Å². The zero-order valence-electron chi connectivity index (χ0n) is 12.5. The normalized spacial score (nSPS) is 9.57. The van der Waals surface area contributed by atoms with E-state index < -0.39 is 0 Å². The van der Waals surface area contributed by atoms with Crippen LogP contribution in [-0.2, 0) is 0 Å². The van der Waals surface area contributed by atoms with Crippen molar-refractivity contribution in [1.29, 1.82) is 0 Å². The fourth-order valence-corrected chi connectivity index (χ4v) is 1.90. The lowest BCUT2D eigenvalue weighted by atomic mass is 10.2. The predicted molar refractivity (Wildman–Crippen MR) is 98.4 cm³/mol. The van der Waals surface area contributed by atoms with Crippen LogP contribution in [0.3, 0.4) is 0 Å². The maximum Gasteiger partial charge on any atom is 0.255 e. The number of carbonyl (C=O) groups excluding carboxylic acids is 1. The summed E-state index contributed by atoms with van der Waals surface area (Å²) in [6.07, 6.45) is 1.72. The Morgan fingerprint density at radius 2 is 1.70 bits per heavy atom. The number of anilines is 2. The van der Waals surface area contributed by atoms with Gasteiger partial charge in [0.05, 0.1) is 5.69 Å². The molecule has 118 valence electrons. The van der Waals surface area contributed by atoms with Crippen LogP contribution in [0, 0.1) is 0 Å². The summed E-state index contributed by atoms with van der Waals surface area (Å²) < 4.78 is 0. The van der Waals surface area contributed by atoms with E-state index in [0.29, 0.717) is 17.2 Å². The van der Waals surface area contributed by atoms with Crippen molar-refractivity contribution in [3.8, 4) is 0 Å². The van der Waals surface area contributed by atoms with E-state index >= 15 is 0 Å². The van der Waals surface area contributed by atoms with E-state index in [0.717, 1.165) is 11.4 Å². The smallest absolute Gasteiger partial charge is 0.255 e. The van der Waals surface area contributed by atoms with Crippen LogP contribution >= 0.6 is 12.2 Å². The van der Waals surface area contributed by atoms with E-state index in [-0.39, 0.29) is 5.91 Å². The molecule has 6 heteroatoms. The Morgan fingerprint density at radius 3 is 2.35 bits per heavy atom. The van der Waals surface area contributed by atoms with Gasteiger partial charge in [-0.2, -0.15) is 0 Å². The molecule has 0 fully saturated rings. The van der Waals surface area contributed by atoms with Crippen molar-refractivity contribution < 1.29 is 4.79 Å². The summed E-state index contributed by atoms with van der Waals surface area (Å²) in [6, 6.07) is 16.4. The topological polar surface area (TPSA) is 65.2 Å². The Kier molecular flexibility index (Phi) is 6.14. The molecule has 2 aromatic carbocycles. The van der Waals surface area contributed by atoms with Crippen molar-refractivity contribution in [3.63, 3.8) is 0 Å². The number of nitrogens with one attached hydrogen (secondary N) is 4. The van der Waals surface area contributed by atoms with Crippen LogP contribution in [0.15, 0.2) is 67.3 Å². The third-order valence-electron chi connectivity index (χ3n) is 2.91. The molecule has 0 heterocycles. The van der Waals surface area contributed by atoms with Crippen molar-refractivity contribution in [3.05, 3.63) is 72.8 Å². The lowest BCUT2D eigenvalue weighted by molar-refractivity contribution is 0.102. The first-order valence-electron chi connectivity index (χ1n) is 7.06. The molecule has 1 amide bonds. The summed E-state index contributed by atoms with van der Waals surface area (Å²) in [5, 5.41) is 6.26. The highest BCUT2D eigenvalue weighted by molar-refractivity contribution is 7.80. The van der Waals surface area contributed by atoms with E-state index in [4.69, 9.17) is 12.2 Å². The predicted octanol–water partition coefficient (Wildman–Crippen LogP) is 2.92. The monoisotopic (exact) mass is 326 g/mol. The molecule has 0 saturated carbocycles. The first-order chi connectivity index (χ1) is 11.2. The number of thiocarbonyl (C=S) groups is 1. The molecule has 2 rings (SSSR count). The lowest BCUT2D eigenvalue weighted by Crippen LogP contribution is -2.38. The molecule has 23 heavy (non-hydrogen) atoms. The standard InChI is InChI=1S/C17H18N4OS/c1-2-12-18-17(23)21-20-15-10-8-14(9-11-15)19-16(22)13-6-4-3-5-7-13/h2-11,20H,1,12H2,(H,19,22)(H2,18,21,23). The van der Waals surface area contributed by atoms with Crippen molar-refractivity contribution >= 4 is 34.6 Å². The minimum Gasteiger partial charge on any atom is -0.358 e. The quantitative estimate of drug-likeness (QED) is 0.373. The SMILES string of the molecule is C=CCNC(=S)NNc1ccc(NC(=O)c2ccccc2)cc1. The minimum atomic E-state index is -0.140. The summed E-state index contributed by atoms with van der Waals surface area (Å²) in [7, 11) is 0. The van der Waals surface area contributed by atoms with Crippen molar-refractivity contribution in [2.45, 2.75) is 0 Å². The van der Waals surface area contributed by atoms with Crippen LogP contribution in [-0.4, -0.2) is 17.6 Å². The molecule has 4 N–H and O–H groups in total. The first-order valence-corrected chi connectivity index (χ1v) is 7.47. The molecule has 0 unspecified atom stereocenters. The summed E-state index contributed by atoms with van der Waals surface area (Å²) in [5.74, 6) is -0.140. The van der Waals surface area contributed by atoms with Crippen LogP contribution in [0.2, 0.25) is 0 Å². The Bertz CT molecular complexity index is 671. The van der Waals surface area contributed by atoms with Crippen molar-refractivity contribution in [2.75, 3.05) is 17.3 Å².